The van der Waals surface area contributed by atoms with Crippen molar-refractivity contribution >= 4 is 17.7 Å². The number of hydrogen-bond acceptors (Lipinski definition) is 7. The standard InChI is InChI=1S/C23H33N5O5/c1-16(29)28-9-10-32-11-12-33-21-4-2-3-19(26-21)22(30)25-18-13-20(24-14-18)23(31)27-7-5-17(15-28)6-8-27/h2-4,17-18,20,24H,5-15H2,1H3,(H,25,30)/t18-,20+/m1/s1. The third-order valence-electron chi connectivity index (χ3n) is 6.55. The van der Waals surface area contributed by atoms with Gasteiger partial charge in [-0.1, -0.05) is 6.07 Å². The molecule has 1 aromatic rings. The number of fused-ring (bicyclic) bond motifs is 10. The summed E-state index contributed by atoms with van der Waals surface area (Å²) in [6.45, 7) is 5.79. The zero-order valence-corrected chi connectivity index (χ0v) is 19.1. The minimum atomic E-state index is -0.297. The van der Waals surface area contributed by atoms with E-state index in [1.165, 1.54) is 0 Å². The summed E-state index contributed by atoms with van der Waals surface area (Å²) in [4.78, 5) is 45.8. The van der Waals surface area contributed by atoms with Crippen LogP contribution >= 0.6 is 0 Å². The summed E-state index contributed by atoms with van der Waals surface area (Å²) in [6, 6.07) is 4.62. The van der Waals surface area contributed by atoms with Crippen LogP contribution in [0.25, 0.3) is 0 Å². The van der Waals surface area contributed by atoms with Crippen molar-refractivity contribution in [2.24, 2.45) is 5.92 Å². The Morgan fingerprint density at radius 3 is 2.73 bits per heavy atom. The van der Waals surface area contributed by atoms with Gasteiger partial charge in [0.25, 0.3) is 5.91 Å². The van der Waals surface area contributed by atoms with E-state index in [0.717, 1.165) is 12.8 Å². The van der Waals surface area contributed by atoms with Gasteiger partial charge in [-0.3, -0.25) is 14.4 Å². The SMILES string of the molecule is CC(=O)N1CCOCCOc2cccc(n2)C(=O)N[C@H]2CN[C@@H](C2)C(=O)N2CCC(CC2)C1. The molecule has 10 heteroatoms. The first-order chi connectivity index (χ1) is 16.0. The first-order valence-electron chi connectivity index (χ1n) is 11.8. The molecule has 4 aliphatic rings. The number of nitrogens with zero attached hydrogens (tertiary/aromatic N) is 3. The van der Waals surface area contributed by atoms with Crippen LogP contribution in [0.2, 0.25) is 0 Å². The third-order valence-corrected chi connectivity index (χ3v) is 6.55. The van der Waals surface area contributed by atoms with Crippen LogP contribution < -0.4 is 15.4 Å². The van der Waals surface area contributed by atoms with Crippen LogP contribution in [0.1, 0.15) is 36.7 Å². The van der Waals surface area contributed by atoms with E-state index in [0.29, 0.717) is 70.8 Å². The molecule has 0 unspecified atom stereocenters. The molecule has 2 fully saturated rings. The smallest absolute Gasteiger partial charge is 0.270 e. The predicted molar refractivity (Wildman–Crippen MR) is 120 cm³/mol. The van der Waals surface area contributed by atoms with E-state index in [9.17, 15) is 14.4 Å². The van der Waals surface area contributed by atoms with Crippen molar-refractivity contribution in [2.75, 3.05) is 52.5 Å². The first-order valence-corrected chi connectivity index (χ1v) is 11.8. The molecular weight excluding hydrogens is 426 g/mol. The van der Waals surface area contributed by atoms with Crippen LogP contribution in [0.15, 0.2) is 18.2 Å². The van der Waals surface area contributed by atoms with Crippen molar-refractivity contribution < 1.29 is 23.9 Å². The monoisotopic (exact) mass is 459 g/mol. The zero-order valence-electron chi connectivity index (χ0n) is 19.1. The maximum Gasteiger partial charge on any atom is 0.270 e. The average molecular weight is 460 g/mol. The van der Waals surface area contributed by atoms with E-state index in [-0.39, 0.29) is 35.5 Å². The molecule has 2 saturated heterocycles. The van der Waals surface area contributed by atoms with Crippen LogP contribution in [0.3, 0.4) is 0 Å². The highest BCUT2D eigenvalue weighted by Crippen LogP contribution is 2.21. The molecule has 33 heavy (non-hydrogen) atoms. The van der Waals surface area contributed by atoms with Gasteiger partial charge in [-0.25, -0.2) is 4.98 Å². The average Bonchev–Trinajstić information content (AvgIpc) is 3.28. The normalized spacial score (nSPS) is 27.5. The lowest BCUT2D eigenvalue weighted by Crippen LogP contribution is -2.48. The minimum absolute atomic E-state index is 0.0335. The Morgan fingerprint density at radius 1 is 1.12 bits per heavy atom. The molecule has 0 aromatic carbocycles. The topological polar surface area (TPSA) is 113 Å². The molecule has 0 aliphatic carbocycles. The molecule has 4 aliphatic heterocycles. The van der Waals surface area contributed by atoms with Crippen LogP contribution in [-0.2, 0) is 14.3 Å². The first kappa shape index (κ1) is 23.4. The van der Waals surface area contributed by atoms with Crippen molar-refractivity contribution in [3.63, 3.8) is 0 Å². The maximum absolute atomic E-state index is 13.0. The molecule has 3 amide bonds. The van der Waals surface area contributed by atoms with E-state index in [1.54, 1.807) is 25.1 Å². The molecule has 0 radical (unpaired) electrons. The highest BCUT2D eigenvalue weighted by atomic mass is 16.5. The summed E-state index contributed by atoms with van der Waals surface area (Å²) < 4.78 is 11.3. The molecule has 5 rings (SSSR count). The Labute approximate surface area is 194 Å². The Kier molecular flexibility index (Phi) is 7.77. The van der Waals surface area contributed by atoms with E-state index in [2.05, 4.69) is 15.6 Å². The lowest BCUT2D eigenvalue weighted by Gasteiger charge is -2.35. The number of rotatable bonds is 0. The van der Waals surface area contributed by atoms with Gasteiger partial charge in [-0.15, -0.1) is 0 Å². The molecule has 1 aromatic heterocycles. The number of carbonyl (C=O) groups excluding carboxylic acids is 3. The predicted octanol–water partition coefficient (Wildman–Crippen LogP) is 0.0380. The molecule has 2 N–H and O–H groups in total. The Balaban J connectivity index is 1.44. The molecule has 180 valence electrons. The lowest BCUT2D eigenvalue weighted by molar-refractivity contribution is -0.136. The highest BCUT2D eigenvalue weighted by molar-refractivity contribution is 5.92. The Bertz CT molecular complexity index is 857. The number of carbonyl (C=O) groups is 3. The summed E-state index contributed by atoms with van der Waals surface area (Å²) in [5, 5.41) is 6.23. The van der Waals surface area contributed by atoms with Crippen molar-refractivity contribution in [2.45, 2.75) is 38.3 Å². The van der Waals surface area contributed by atoms with Gasteiger partial charge in [-0.2, -0.15) is 0 Å². The fraction of sp³-hybridized carbons (Fsp3) is 0.652. The summed E-state index contributed by atoms with van der Waals surface area (Å²) in [7, 11) is 0. The lowest BCUT2D eigenvalue weighted by atomic mass is 9.95. The second-order valence-electron chi connectivity index (χ2n) is 8.92. The number of ether oxygens (including phenoxy) is 2. The van der Waals surface area contributed by atoms with E-state index in [4.69, 9.17) is 9.47 Å². The number of piperidine rings is 1. The van der Waals surface area contributed by atoms with Crippen molar-refractivity contribution in [3.8, 4) is 5.88 Å². The second-order valence-corrected chi connectivity index (χ2v) is 8.92. The van der Waals surface area contributed by atoms with Gasteiger partial charge in [0.15, 0.2) is 0 Å². The second kappa shape index (κ2) is 10.9. The van der Waals surface area contributed by atoms with Crippen LogP contribution in [0.5, 0.6) is 5.88 Å². The summed E-state index contributed by atoms with van der Waals surface area (Å²) in [5.41, 5.74) is 0.272. The van der Waals surface area contributed by atoms with E-state index in [1.807, 2.05) is 9.80 Å². The van der Waals surface area contributed by atoms with Crippen molar-refractivity contribution in [1.29, 1.82) is 0 Å². The Morgan fingerprint density at radius 2 is 1.94 bits per heavy atom. The number of pyridine rings is 1. The molecular formula is C23H33N5O5. The summed E-state index contributed by atoms with van der Waals surface area (Å²) >= 11 is 0. The van der Waals surface area contributed by atoms with Crippen LogP contribution in [0.4, 0.5) is 0 Å². The minimum Gasteiger partial charge on any atom is -0.475 e. The fourth-order valence-corrected chi connectivity index (χ4v) is 4.64. The summed E-state index contributed by atoms with van der Waals surface area (Å²) in [5.74, 6) is 0.556. The van der Waals surface area contributed by atoms with Gasteiger partial charge in [0.1, 0.15) is 12.3 Å². The molecule has 6 bridgehead atoms. The largest absolute Gasteiger partial charge is 0.475 e. The highest BCUT2D eigenvalue weighted by Gasteiger charge is 2.35. The van der Waals surface area contributed by atoms with Crippen molar-refractivity contribution in [1.82, 2.24) is 25.4 Å². The number of amides is 3. The third kappa shape index (κ3) is 6.20. The van der Waals surface area contributed by atoms with Gasteiger partial charge in [0.05, 0.1) is 19.3 Å². The van der Waals surface area contributed by atoms with Gasteiger partial charge >= 0.3 is 0 Å². The van der Waals surface area contributed by atoms with Gasteiger partial charge in [0, 0.05) is 51.8 Å². The molecule has 10 nitrogen and oxygen atoms in total. The van der Waals surface area contributed by atoms with Crippen molar-refractivity contribution in [3.05, 3.63) is 23.9 Å². The van der Waals surface area contributed by atoms with Gasteiger partial charge in [0.2, 0.25) is 17.7 Å². The summed E-state index contributed by atoms with van der Waals surface area (Å²) in [6.07, 6.45) is 2.30. The quantitative estimate of drug-likeness (QED) is 0.527. The Hall–Kier alpha value is -2.72. The maximum atomic E-state index is 13.0. The number of aromatic nitrogens is 1. The zero-order chi connectivity index (χ0) is 23.2. The van der Waals surface area contributed by atoms with E-state index < -0.39 is 0 Å². The molecule has 0 saturated carbocycles. The number of hydrogen-bond donors (Lipinski definition) is 2. The van der Waals surface area contributed by atoms with Crippen LogP contribution in [-0.4, -0.2) is 97.1 Å². The molecule has 0 spiro atoms. The van der Waals surface area contributed by atoms with Crippen LogP contribution in [0, 0.1) is 5.92 Å². The molecule has 5 heterocycles. The fourth-order valence-electron chi connectivity index (χ4n) is 4.64. The molecule has 2 atom stereocenters. The number of nitrogens with one attached hydrogen (secondary N) is 2. The van der Waals surface area contributed by atoms with Gasteiger partial charge in [-0.05, 0) is 31.2 Å². The van der Waals surface area contributed by atoms with E-state index >= 15 is 0 Å². The van der Waals surface area contributed by atoms with Gasteiger partial charge < -0.3 is 29.9 Å².